The molecule has 1 aromatic heterocycles. The number of nitrogens with zero attached hydrogens (tertiary/aromatic N) is 1. The molecule has 34 heavy (non-hydrogen) atoms. The lowest BCUT2D eigenvalue weighted by atomic mass is 9.70. The Labute approximate surface area is 197 Å². The molecule has 7 heteroatoms. The molecular weight excluding hydrogens is 439 g/mol. The highest BCUT2D eigenvalue weighted by atomic mass is 19.1. The van der Waals surface area contributed by atoms with Gasteiger partial charge in [0.15, 0.2) is 0 Å². The molecule has 1 unspecified atom stereocenters. The van der Waals surface area contributed by atoms with Crippen molar-refractivity contribution in [3.63, 3.8) is 0 Å². The summed E-state index contributed by atoms with van der Waals surface area (Å²) in [6.45, 7) is 2.69. The number of hydrogen-bond donors (Lipinski definition) is 2. The first kappa shape index (κ1) is 23.0. The minimum absolute atomic E-state index is 0.104. The minimum atomic E-state index is -0.638. The van der Waals surface area contributed by atoms with Crippen LogP contribution in [0.3, 0.4) is 0 Å². The van der Waals surface area contributed by atoms with Crippen molar-refractivity contribution in [2.24, 2.45) is 11.8 Å². The van der Waals surface area contributed by atoms with E-state index in [1.807, 2.05) is 0 Å². The third-order valence-corrected chi connectivity index (χ3v) is 7.43. The van der Waals surface area contributed by atoms with Crippen LogP contribution in [-0.2, 0) is 4.79 Å². The number of aromatic amines is 1. The van der Waals surface area contributed by atoms with Crippen LogP contribution in [0.2, 0.25) is 0 Å². The Kier molecular flexibility index (Phi) is 6.38. The van der Waals surface area contributed by atoms with Crippen molar-refractivity contribution in [1.29, 1.82) is 0 Å². The molecule has 1 aliphatic carbocycles. The molecule has 1 amide bonds. The number of fused-ring (bicyclic) bond motifs is 1. The van der Waals surface area contributed by atoms with E-state index in [0.717, 1.165) is 56.0 Å². The van der Waals surface area contributed by atoms with Crippen molar-refractivity contribution in [2.75, 3.05) is 26.7 Å². The van der Waals surface area contributed by atoms with Gasteiger partial charge in [-0.05, 0) is 98.5 Å². The molecule has 3 aromatic rings. The molecule has 2 aromatic carbocycles. The van der Waals surface area contributed by atoms with Gasteiger partial charge in [0, 0.05) is 31.0 Å². The largest absolute Gasteiger partial charge is 0.356 e. The molecule has 180 valence electrons. The second-order valence-electron chi connectivity index (χ2n) is 10.0. The molecule has 1 atom stereocenters. The van der Waals surface area contributed by atoms with Crippen LogP contribution in [0.5, 0.6) is 0 Å². The van der Waals surface area contributed by atoms with Crippen molar-refractivity contribution in [3.05, 3.63) is 59.4 Å². The van der Waals surface area contributed by atoms with Crippen molar-refractivity contribution in [2.45, 2.75) is 38.0 Å². The molecule has 0 radical (unpaired) electrons. The summed E-state index contributed by atoms with van der Waals surface area (Å²) in [5.74, 6) is -0.642. The average molecular weight is 470 g/mol. The third kappa shape index (κ3) is 4.71. The molecule has 2 N–H and O–H groups in total. The summed E-state index contributed by atoms with van der Waals surface area (Å²) in [5.41, 5.74) is 2.58. The van der Waals surface area contributed by atoms with Crippen LogP contribution in [0.15, 0.2) is 36.4 Å². The second-order valence-corrected chi connectivity index (χ2v) is 10.0. The van der Waals surface area contributed by atoms with Crippen LogP contribution in [0.25, 0.3) is 22.2 Å². The Morgan fingerprint density at radius 3 is 2.59 bits per heavy atom. The summed E-state index contributed by atoms with van der Waals surface area (Å²) in [6, 6.07) is 8.27. The van der Waals surface area contributed by atoms with Crippen LogP contribution in [-0.4, -0.2) is 42.5 Å². The smallest absolute Gasteiger partial charge is 0.220 e. The van der Waals surface area contributed by atoms with Crippen molar-refractivity contribution < 1.29 is 18.0 Å². The number of H-pyrrole nitrogens is 1. The standard InChI is InChI=1S/C27H30F3N3O/c1-33-8-2-3-16(15-33)11-24(34)31-14-17-9-19(10-17)25-22-12-21(29)13-23(30)27(22)32-26(25)18-4-6-20(28)7-5-18/h4-7,12-13,16-17,19,32H,2-3,8-11,14-15H2,1H3,(H,31,34). The van der Waals surface area contributed by atoms with Gasteiger partial charge in [-0.25, -0.2) is 13.2 Å². The molecule has 1 saturated carbocycles. The Morgan fingerprint density at radius 2 is 1.85 bits per heavy atom. The minimum Gasteiger partial charge on any atom is -0.356 e. The lowest BCUT2D eigenvalue weighted by molar-refractivity contribution is -0.122. The number of likely N-dealkylation sites (tertiary alicyclic amines) is 1. The molecule has 0 spiro atoms. The highest BCUT2D eigenvalue weighted by Crippen LogP contribution is 2.48. The second kappa shape index (κ2) is 9.45. The number of halogens is 3. The quantitative estimate of drug-likeness (QED) is 0.494. The van der Waals surface area contributed by atoms with E-state index in [0.29, 0.717) is 35.9 Å². The van der Waals surface area contributed by atoms with Gasteiger partial charge in [0.1, 0.15) is 17.5 Å². The van der Waals surface area contributed by atoms with E-state index in [9.17, 15) is 18.0 Å². The van der Waals surface area contributed by atoms with Gasteiger partial charge in [0.25, 0.3) is 0 Å². The zero-order valence-corrected chi connectivity index (χ0v) is 19.3. The topological polar surface area (TPSA) is 48.1 Å². The predicted octanol–water partition coefficient (Wildman–Crippen LogP) is 5.59. The number of rotatable bonds is 6. The molecule has 2 heterocycles. The Hall–Kier alpha value is -2.80. The van der Waals surface area contributed by atoms with E-state index in [-0.39, 0.29) is 23.2 Å². The van der Waals surface area contributed by atoms with Crippen molar-refractivity contribution in [1.82, 2.24) is 15.2 Å². The fourth-order valence-corrected chi connectivity index (χ4v) is 5.68. The van der Waals surface area contributed by atoms with Crippen LogP contribution in [0, 0.1) is 29.3 Å². The maximum Gasteiger partial charge on any atom is 0.220 e. The predicted molar refractivity (Wildman–Crippen MR) is 127 cm³/mol. The molecule has 2 fully saturated rings. The van der Waals surface area contributed by atoms with Gasteiger partial charge in [-0.1, -0.05) is 0 Å². The van der Waals surface area contributed by atoms with Gasteiger partial charge < -0.3 is 15.2 Å². The number of nitrogens with one attached hydrogen (secondary N) is 2. The monoisotopic (exact) mass is 469 g/mol. The van der Waals surface area contributed by atoms with Crippen LogP contribution in [0.1, 0.15) is 43.6 Å². The van der Waals surface area contributed by atoms with Crippen molar-refractivity contribution >= 4 is 16.8 Å². The maximum absolute atomic E-state index is 14.5. The van der Waals surface area contributed by atoms with Crippen molar-refractivity contribution in [3.8, 4) is 11.3 Å². The number of carbonyl (C=O) groups excluding carboxylic acids is 1. The summed E-state index contributed by atoms with van der Waals surface area (Å²) in [7, 11) is 2.10. The maximum atomic E-state index is 14.5. The first-order valence-electron chi connectivity index (χ1n) is 12.1. The van der Waals surface area contributed by atoms with Gasteiger partial charge in [-0.3, -0.25) is 4.79 Å². The number of aromatic nitrogens is 1. The van der Waals surface area contributed by atoms with Gasteiger partial charge in [0.05, 0.1) is 11.2 Å². The Bertz CT molecular complexity index is 1180. The first-order valence-corrected chi connectivity index (χ1v) is 12.1. The van der Waals surface area contributed by atoms with Crippen LogP contribution >= 0.6 is 0 Å². The molecule has 1 saturated heterocycles. The summed E-state index contributed by atoms with van der Waals surface area (Å²) < 4.78 is 42.1. The number of carbonyl (C=O) groups is 1. The molecule has 1 aliphatic heterocycles. The van der Waals surface area contributed by atoms with E-state index >= 15 is 0 Å². The van der Waals surface area contributed by atoms with Gasteiger partial charge >= 0.3 is 0 Å². The highest BCUT2D eigenvalue weighted by molar-refractivity contribution is 5.92. The molecule has 2 aliphatic rings. The number of hydrogen-bond acceptors (Lipinski definition) is 2. The summed E-state index contributed by atoms with van der Waals surface area (Å²) in [4.78, 5) is 17.8. The van der Waals surface area contributed by atoms with Gasteiger partial charge in [-0.2, -0.15) is 0 Å². The average Bonchev–Trinajstić information content (AvgIpc) is 3.12. The molecular formula is C27H30F3N3O. The Morgan fingerprint density at radius 1 is 1.09 bits per heavy atom. The van der Waals surface area contributed by atoms with E-state index in [1.54, 1.807) is 12.1 Å². The van der Waals surface area contributed by atoms with Crippen LogP contribution < -0.4 is 5.32 Å². The van der Waals surface area contributed by atoms with E-state index < -0.39 is 11.6 Å². The normalized spacial score (nSPS) is 23.1. The third-order valence-electron chi connectivity index (χ3n) is 7.43. The lowest BCUT2D eigenvalue weighted by Gasteiger charge is -2.36. The van der Waals surface area contributed by atoms with E-state index in [4.69, 9.17) is 0 Å². The van der Waals surface area contributed by atoms with Gasteiger partial charge in [0.2, 0.25) is 5.91 Å². The fourth-order valence-electron chi connectivity index (χ4n) is 5.68. The van der Waals surface area contributed by atoms with Gasteiger partial charge in [-0.15, -0.1) is 0 Å². The summed E-state index contributed by atoms with van der Waals surface area (Å²) in [5, 5.41) is 3.63. The SMILES string of the molecule is CN1CCCC(CC(=O)NCC2CC(c3c(-c4ccc(F)cc4)[nH]c4c(F)cc(F)cc34)C2)C1. The number of benzene rings is 2. The number of amides is 1. The highest BCUT2D eigenvalue weighted by Gasteiger charge is 2.35. The first-order chi connectivity index (χ1) is 16.4. The lowest BCUT2D eigenvalue weighted by Crippen LogP contribution is -2.38. The van der Waals surface area contributed by atoms with E-state index in [1.165, 1.54) is 18.2 Å². The summed E-state index contributed by atoms with van der Waals surface area (Å²) in [6.07, 6.45) is 4.46. The Balaban J connectivity index is 1.28. The molecule has 0 bridgehead atoms. The zero-order valence-electron chi connectivity index (χ0n) is 19.3. The summed E-state index contributed by atoms with van der Waals surface area (Å²) >= 11 is 0. The zero-order chi connectivity index (χ0) is 23.8. The molecule has 4 nitrogen and oxygen atoms in total. The molecule has 5 rings (SSSR count). The van der Waals surface area contributed by atoms with E-state index in [2.05, 4.69) is 22.2 Å². The van der Waals surface area contributed by atoms with Crippen LogP contribution in [0.4, 0.5) is 13.2 Å². The number of piperidine rings is 1. The fraction of sp³-hybridized carbons (Fsp3) is 0.444.